The van der Waals surface area contributed by atoms with E-state index in [0.29, 0.717) is 11.6 Å². The Morgan fingerprint density at radius 3 is 2.39 bits per heavy atom. The molecule has 1 saturated heterocycles. The van der Waals surface area contributed by atoms with E-state index in [4.69, 9.17) is 10.00 Å². The van der Waals surface area contributed by atoms with Crippen molar-refractivity contribution in [3.05, 3.63) is 58.0 Å². The highest BCUT2D eigenvalue weighted by atomic mass is 32.2. The molecule has 1 aliphatic heterocycles. The Morgan fingerprint density at radius 1 is 1.16 bits per heavy atom. The number of thioether (sulfide) groups is 1. The van der Waals surface area contributed by atoms with Gasteiger partial charge in [-0.2, -0.15) is 18.4 Å². The second kappa shape index (κ2) is 8.35. The Bertz CT molecular complexity index is 1140. The number of rotatable bonds is 4. The smallest absolute Gasteiger partial charge is 0.420 e. The molecule has 31 heavy (non-hydrogen) atoms. The largest absolute Gasteiger partial charge is 0.504 e. The highest BCUT2D eigenvalue weighted by molar-refractivity contribution is 8.18. The van der Waals surface area contributed by atoms with Crippen LogP contribution >= 0.6 is 11.8 Å². The molecule has 0 bridgehead atoms. The molecule has 0 spiro atoms. The van der Waals surface area contributed by atoms with E-state index in [2.05, 4.69) is 0 Å². The number of benzene rings is 2. The minimum Gasteiger partial charge on any atom is -0.504 e. The summed E-state index contributed by atoms with van der Waals surface area (Å²) in [6, 6.07) is 8.02. The summed E-state index contributed by atoms with van der Waals surface area (Å²) in [6.07, 6.45) is -3.36. The zero-order valence-electron chi connectivity index (χ0n) is 16.2. The molecular formula is C21H15F3N2O4S. The normalized spacial score (nSPS) is 15.6. The number of carbonyl (C=O) groups excluding carboxylic acids is 2. The average Bonchev–Trinajstić information content (AvgIpc) is 2.96. The van der Waals surface area contributed by atoms with Gasteiger partial charge in [-0.1, -0.05) is 6.07 Å². The molecule has 160 valence electrons. The first-order valence-corrected chi connectivity index (χ1v) is 9.72. The van der Waals surface area contributed by atoms with E-state index in [1.807, 2.05) is 0 Å². The van der Waals surface area contributed by atoms with E-state index < -0.39 is 34.4 Å². The standard InChI is InChI=1S/C21H15F3N2O4S/c1-11(2)26-19(28)18(31-20(26)29)9-12-3-6-17(15(27)8-12)30-16-5-4-13(10-25)7-14(16)21(22,23)24/h3-9,11,27H,1-2H3/b18-9-. The summed E-state index contributed by atoms with van der Waals surface area (Å²) < 4.78 is 45.1. The molecule has 1 fully saturated rings. The maximum atomic E-state index is 13.3. The molecule has 0 saturated carbocycles. The first-order chi connectivity index (χ1) is 14.5. The van der Waals surface area contributed by atoms with Crippen molar-refractivity contribution < 1.29 is 32.6 Å². The fourth-order valence-electron chi connectivity index (χ4n) is 2.82. The number of ether oxygens (including phenoxy) is 1. The van der Waals surface area contributed by atoms with Crippen LogP contribution in [-0.4, -0.2) is 27.2 Å². The number of alkyl halides is 3. The highest BCUT2D eigenvalue weighted by Gasteiger charge is 2.37. The number of amides is 2. The number of phenols is 1. The number of phenolic OH excluding ortho intramolecular Hbond substituents is 1. The molecule has 2 aromatic carbocycles. The van der Waals surface area contributed by atoms with Crippen LogP contribution < -0.4 is 4.74 Å². The molecule has 1 aliphatic rings. The van der Waals surface area contributed by atoms with Gasteiger partial charge in [0.05, 0.1) is 22.1 Å². The van der Waals surface area contributed by atoms with Crippen molar-refractivity contribution in [3.8, 4) is 23.3 Å². The van der Waals surface area contributed by atoms with Crippen LogP contribution in [0.1, 0.15) is 30.5 Å². The fourth-order valence-corrected chi connectivity index (χ4v) is 3.78. The summed E-state index contributed by atoms with van der Waals surface area (Å²) in [6.45, 7) is 3.41. The van der Waals surface area contributed by atoms with Gasteiger partial charge in [-0.3, -0.25) is 14.5 Å². The van der Waals surface area contributed by atoms with Gasteiger partial charge in [0, 0.05) is 6.04 Å². The molecule has 3 rings (SSSR count). The second-order valence-corrected chi connectivity index (χ2v) is 7.79. The highest BCUT2D eigenvalue weighted by Crippen LogP contribution is 2.41. The lowest BCUT2D eigenvalue weighted by molar-refractivity contribution is -0.138. The van der Waals surface area contributed by atoms with Gasteiger partial charge in [0.15, 0.2) is 11.5 Å². The first-order valence-electron chi connectivity index (χ1n) is 8.90. The quantitative estimate of drug-likeness (QED) is 0.620. The molecule has 10 heteroatoms. The number of nitrogens with zero attached hydrogens (tertiary/aromatic N) is 2. The van der Waals surface area contributed by atoms with E-state index in [-0.39, 0.29) is 22.3 Å². The molecule has 0 radical (unpaired) electrons. The van der Waals surface area contributed by atoms with Crippen LogP contribution in [0.25, 0.3) is 6.08 Å². The topological polar surface area (TPSA) is 90.6 Å². The molecule has 1 heterocycles. The Balaban J connectivity index is 1.89. The Labute approximate surface area is 179 Å². The van der Waals surface area contributed by atoms with Gasteiger partial charge in [0.2, 0.25) is 0 Å². The van der Waals surface area contributed by atoms with Crippen molar-refractivity contribution in [1.29, 1.82) is 5.26 Å². The zero-order chi connectivity index (χ0) is 22.9. The van der Waals surface area contributed by atoms with Crippen molar-refractivity contribution in [2.24, 2.45) is 0 Å². The van der Waals surface area contributed by atoms with Gasteiger partial charge in [-0.05, 0) is 67.6 Å². The van der Waals surface area contributed by atoms with Crippen LogP contribution in [0.15, 0.2) is 41.3 Å². The lowest BCUT2D eigenvalue weighted by Gasteiger charge is -2.16. The van der Waals surface area contributed by atoms with Gasteiger partial charge in [0.25, 0.3) is 11.1 Å². The molecule has 6 nitrogen and oxygen atoms in total. The zero-order valence-corrected chi connectivity index (χ0v) is 17.0. The van der Waals surface area contributed by atoms with Crippen LogP contribution in [0, 0.1) is 11.3 Å². The predicted octanol–water partition coefficient (Wildman–Crippen LogP) is 5.52. The maximum absolute atomic E-state index is 13.3. The van der Waals surface area contributed by atoms with E-state index in [1.165, 1.54) is 30.3 Å². The van der Waals surface area contributed by atoms with Crippen molar-refractivity contribution in [2.45, 2.75) is 26.1 Å². The van der Waals surface area contributed by atoms with Gasteiger partial charge in [0.1, 0.15) is 5.75 Å². The van der Waals surface area contributed by atoms with Crippen LogP contribution in [0.4, 0.5) is 18.0 Å². The van der Waals surface area contributed by atoms with Crippen LogP contribution in [-0.2, 0) is 11.0 Å². The average molecular weight is 448 g/mol. The SMILES string of the molecule is CC(C)N1C(=O)S/C(=C\c2ccc(Oc3ccc(C#N)cc3C(F)(F)F)c(O)c2)C1=O. The van der Waals surface area contributed by atoms with Crippen molar-refractivity contribution in [1.82, 2.24) is 4.90 Å². The third-order valence-electron chi connectivity index (χ3n) is 4.25. The summed E-state index contributed by atoms with van der Waals surface area (Å²) >= 11 is 0.760. The number of halogens is 3. The second-order valence-electron chi connectivity index (χ2n) is 6.80. The third-order valence-corrected chi connectivity index (χ3v) is 5.14. The molecule has 0 unspecified atom stereocenters. The molecule has 2 aromatic rings. The minimum absolute atomic E-state index is 0.165. The molecular weight excluding hydrogens is 433 g/mol. The molecule has 1 N–H and O–H groups in total. The van der Waals surface area contributed by atoms with Gasteiger partial charge >= 0.3 is 6.18 Å². The number of nitriles is 1. The first kappa shape index (κ1) is 22.2. The van der Waals surface area contributed by atoms with Crippen molar-refractivity contribution in [2.75, 3.05) is 0 Å². The van der Waals surface area contributed by atoms with Crippen molar-refractivity contribution in [3.63, 3.8) is 0 Å². The van der Waals surface area contributed by atoms with E-state index in [9.17, 15) is 27.9 Å². The third kappa shape index (κ3) is 4.67. The number of carbonyl (C=O) groups is 2. The van der Waals surface area contributed by atoms with Crippen LogP contribution in [0.3, 0.4) is 0 Å². The molecule has 0 aromatic heterocycles. The summed E-state index contributed by atoms with van der Waals surface area (Å²) in [5, 5.41) is 18.6. The Morgan fingerprint density at radius 2 is 1.84 bits per heavy atom. The van der Waals surface area contributed by atoms with E-state index in [0.717, 1.165) is 22.7 Å². The fraction of sp³-hybridized carbons (Fsp3) is 0.190. The molecule has 0 aliphatic carbocycles. The number of hydrogen-bond acceptors (Lipinski definition) is 6. The number of aromatic hydroxyl groups is 1. The van der Waals surface area contributed by atoms with E-state index in [1.54, 1.807) is 19.9 Å². The van der Waals surface area contributed by atoms with E-state index >= 15 is 0 Å². The summed E-state index contributed by atoms with van der Waals surface area (Å²) in [7, 11) is 0. The van der Waals surface area contributed by atoms with Gasteiger partial charge < -0.3 is 9.84 Å². The maximum Gasteiger partial charge on any atom is 0.420 e. The lowest BCUT2D eigenvalue weighted by atomic mass is 10.1. The van der Waals surface area contributed by atoms with Crippen molar-refractivity contribution >= 4 is 29.0 Å². The van der Waals surface area contributed by atoms with Crippen LogP contribution in [0.5, 0.6) is 17.2 Å². The minimum atomic E-state index is -4.77. The van der Waals surface area contributed by atoms with Gasteiger partial charge in [-0.25, -0.2) is 0 Å². The number of imide groups is 1. The predicted molar refractivity (Wildman–Crippen MR) is 107 cm³/mol. The summed E-state index contributed by atoms with van der Waals surface area (Å²) in [5.41, 5.74) is -0.984. The Hall–Kier alpha value is -3.45. The summed E-state index contributed by atoms with van der Waals surface area (Å²) in [4.78, 5) is 25.6. The Kier molecular flexibility index (Phi) is 5.99. The van der Waals surface area contributed by atoms with Gasteiger partial charge in [-0.15, -0.1) is 0 Å². The lowest BCUT2D eigenvalue weighted by Crippen LogP contribution is -2.34. The molecule has 0 atom stereocenters. The molecule has 2 amide bonds. The monoisotopic (exact) mass is 448 g/mol. The number of hydrogen-bond donors (Lipinski definition) is 1. The van der Waals surface area contributed by atoms with Crippen LogP contribution in [0.2, 0.25) is 0 Å². The summed E-state index contributed by atoms with van der Waals surface area (Å²) in [5.74, 6) is -1.75.